The Hall–Kier alpha value is 1.74. The zero-order chi connectivity index (χ0) is 7.15. The van der Waals surface area contributed by atoms with Crippen LogP contribution in [0.25, 0.3) is 0 Å². The molecule has 48 valence electrons. The number of hydrogen-bond acceptors (Lipinski definition) is 0. The molecule has 0 aromatic carbocycles. The molecule has 8 heavy (non-hydrogen) atoms. The summed E-state index contributed by atoms with van der Waals surface area (Å²) in [5.74, 6) is 0. The van der Waals surface area contributed by atoms with E-state index < -0.39 is 42.9 Å². The van der Waals surface area contributed by atoms with Crippen molar-refractivity contribution >= 4 is 42.9 Å². The van der Waals surface area contributed by atoms with Crippen molar-refractivity contribution in [2.24, 2.45) is 0 Å². The van der Waals surface area contributed by atoms with Crippen LogP contribution in [0.2, 0.25) is 28.1 Å². The molecule has 0 radical (unpaired) electrons. The Bertz CT molecular complexity index is 22.0. The van der Waals surface area contributed by atoms with E-state index in [9.17, 15) is 0 Å². The molecule has 0 bridgehead atoms. The molecule has 0 saturated heterocycles. The molecule has 0 aliphatic heterocycles. The molecule has 0 heterocycles. The molecular formula is C6H18In2. The molecule has 0 aromatic rings. The zero-order valence-electron chi connectivity index (χ0n) is 7.15. The van der Waals surface area contributed by atoms with E-state index in [1.165, 1.54) is 0 Å². The summed E-state index contributed by atoms with van der Waals surface area (Å²) in [5.41, 5.74) is 0. The Morgan fingerprint density at radius 1 is 0.500 bits per heavy atom. The van der Waals surface area contributed by atoms with Crippen LogP contribution in [0, 0.1) is 0 Å². The van der Waals surface area contributed by atoms with E-state index in [4.69, 9.17) is 0 Å². The molecule has 0 saturated carbocycles. The first-order valence-corrected chi connectivity index (χ1v) is 23.2. The van der Waals surface area contributed by atoms with E-state index in [1.807, 2.05) is 0 Å². The van der Waals surface area contributed by atoms with Gasteiger partial charge < -0.3 is 0 Å². The fourth-order valence-electron chi connectivity index (χ4n) is 0. The maximum atomic E-state index is 2.38. The van der Waals surface area contributed by atoms with Crippen LogP contribution in [-0.2, 0) is 0 Å². The molecule has 2 heteroatoms. The van der Waals surface area contributed by atoms with E-state index in [2.05, 4.69) is 28.1 Å². The van der Waals surface area contributed by atoms with Crippen molar-refractivity contribution in [2.45, 2.75) is 28.1 Å². The van der Waals surface area contributed by atoms with Gasteiger partial charge in [-0.3, -0.25) is 0 Å². The summed E-state index contributed by atoms with van der Waals surface area (Å²) in [6.45, 7) is 0. The Morgan fingerprint density at radius 3 is 0.500 bits per heavy atom. The van der Waals surface area contributed by atoms with Crippen molar-refractivity contribution in [2.75, 3.05) is 0 Å². The summed E-state index contributed by atoms with van der Waals surface area (Å²) in [5, 5.41) is 0. The molecule has 0 amide bonds. The van der Waals surface area contributed by atoms with Gasteiger partial charge in [-0.05, 0) is 0 Å². The van der Waals surface area contributed by atoms with E-state index in [1.54, 1.807) is 0 Å². The average Bonchev–Trinajstić information content (AvgIpc) is 1.25. The normalized spacial score (nSPS) is 6.75. The topological polar surface area (TPSA) is 0 Å². The van der Waals surface area contributed by atoms with Gasteiger partial charge in [0.05, 0.1) is 0 Å². The maximum absolute atomic E-state index is 2.38. The van der Waals surface area contributed by atoms with Crippen LogP contribution in [0.4, 0.5) is 0 Å². The Morgan fingerprint density at radius 2 is 0.500 bits per heavy atom. The summed E-state index contributed by atoms with van der Waals surface area (Å²) in [6, 6.07) is 0. The van der Waals surface area contributed by atoms with Crippen molar-refractivity contribution in [3.63, 3.8) is 0 Å². The van der Waals surface area contributed by atoms with Gasteiger partial charge in [0, 0.05) is 0 Å². The van der Waals surface area contributed by atoms with Crippen LogP contribution >= 0.6 is 0 Å². The standard InChI is InChI=1S/6CH3.2In/h6*1H3;;. The van der Waals surface area contributed by atoms with Gasteiger partial charge in [-0.25, -0.2) is 0 Å². The van der Waals surface area contributed by atoms with Crippen molar-refractivity contribution in [3.8, 4) is 0 Å². The first-order chi connectivity index (χ1) is 3.46. The van der Waals surface area contributed by atoms with Crippen LogP contribution in [-0.4, -0.2) is 42.9 Å². The van der Waals surface area contributed by atoms with Crippen molar-refractivity contribution in [1.29, 1.82) is 0 Å². The summed E-state index contributed by atoms with van der Waals surface area (Å²) in [6.07, 6.45) is 0. The molecule has 0 aromatic heterocycles. The quantitative estimate of drug-likeness (QED) is 0.644. The third-order valence-electron chi connectivity index (χ3n) is 0. The van der Waals surface area contributed by atoms with Gasteiger partial charge in [-0.15, -0.1) is 0 Å². The average molecular weight is 320 g/mol. The van der Waals surface area contributed by atoms with Crippen LogP contribution in [0.5, 0.6) is 0 Å². The van der Waals surface area contributed by atoms with E-state index in [0.29, 0.717) is 0 Å². The first kappa shape index (κ1) is 12.4. The Kier molecular flexibility index (Phi) is 13.6. The van der Waals surface area contributed by atoms with Gasteiger partial charge in [0.15, 0.2) is 0 Å². The SMILES string of the molecule is [CH3][In]([CH3])[CH3].[CH3][In]([CH3])[CH3]. The van der Waals surface area contributed by atoms with E-state index >= 15 is 0 Å². The predicted octanol–water partition coefficient (Wildman–Crippen LogP) is 2.74. The molecule has 0 spiro atoms. The molecule has 0 aliphatic carbocycles. The number of hydrogen-bond donors (Lipinski definition) is 0. The van der Waals surface area contributed by atoms with Crippen LogP contribution in [0.1, 0.15) is 0 Å². The molecule has 0 nitrogen and oxygen atoms in total. The molecule has 0 rings (SSSR count). The van der Waals surface area contributed by atoms with Crippen molar-refractivity contribution in [3.05, 3.63) is 0 Å². The summed E-state index contributed by atoms with van der Waals surface area (Å²) >= 11 is -1.27. The fraction of sp³-hybridized carbons (Fsp3) is 1.00. The Labute approximate surface area is 70.1 Å². The second-order valence-electron chi connectivity index (χ2n) is 3.46. The van der Waals surface area contributed by atoms with Gasteiger partial charge in [-0.1, -0.05) is 0 Å². The van der Waals surface area contributed by atoms with Gasteiger partial charge in [0.1, 0.15) is 0 Å². The predicted molar refractivity (Wildman–Crippen MR) is 46.7 cm³/mol. The molecule has 0 unspecified atom stereocenters. The molecular weight excluding hydrogens is 302 g/mol. The van der Waals surface area contributed by atoms with Crippen LogP contribution < -0.4 is 0 Å². The fourth-order valence-corrected chi connectivity index (χ4v) is 0. The third kappa shape index (κ3) is 116. The zero-order valence-corrected chi connectivity index (χ0v) is 13.7. The monoisotopic (exact) mass is 320 g/mol. The molecule has 0 atom stereocenters. The van der Waals surface area contributed by atoms with Gasteiger partial charge in [0.25, 0.3) is 0 Å². The van der Waals surface area contributed by atoms with E-state index in [-0.39, 0.29) is 0 Å². The molecule has 0 N–H and O–H groups in total. The second-order valence-corrected chi connectivity index (χ2v) is 23.2. The summed E-state index contributed by atoms with van der Waals surface area (Å²) in [7, 11) is 0. The van der Waals surface area contributed by atoms with Crippen LogP contribution in [0.3, 0.4) is 0 Å². The second kappa shape index (κ2) is 8.74. The minimum absolute atomic E-state index is 0.637. The van der Waals surface area contributed by atoms with Gasteiger partial charge >= 0.3 is 71.0 Å². The Balaban J connectivity index is 0. The van der Waals surface area contributed by atoms with Crippen molar-refractivity contribution in [1.82, 2.24) is 0 Å². The van der Waals surface area contributed by atoms with Gasteiger partial charge in [-0.2, -0.15) is 0 Å². The van der Waals surface area contributed by atoms with E-state index in [0.717, 1.165) is 0 Å². The first-order valence-electron chi connectivity index (χ1n) is 3.46. The van der Waals surface area contributed by atoms with Crippen molar-refractivity contribution < 1.29 is 0 Å². The molecule has 0 fully saturated rings. The summed E-state index contributed by atoms with van der Waals surface area (Å²) < 4.78 is 14.3. The minimum atomic E-state index is -0.637. The third-order valence-corrected chi connectivity index (χ3v) is 0. The van der Waals surface area contributed by atoms with Gasteiger partial charge in [0.2, 0.25) is 0 Å². The molecule has 0 aliphatic rings. The van der Waals surface area contributed by atoms with Crippen LogP contribution in [0.15, 0.2) is 0 Å². The summed E-state index contributed by atoms with van der Waals surface area (Å²) in [4.78, 5) is 0. The number of rotatable bonds is 0.